The molecule has 2 atom stereocenters. The van der Waals surface area contributed by atoms with Gasteiger partial charge in [-0.15, -0.1) is 11.6 Å². The highest BCUT2D eigenvalue weighted by molar-refractivity contribution is 6.21. The predicted octanol–water partition coefficient (Wildman–Crippen LogP) is 3.46. The summed E-state index contributed by atoms with van der Waals surface area (Å²) >= 11 is 6.10. The Balaban J connectivity index is 1.97. The first-order chi connectivity index (χ1) is 7.91. The van der Waals surface area contributed by atoms with Crippen molar-refractivity contribution in [1.29, 1.82) is 0 Å². The van der Waals surface area contributed by atoms with Crippen molar-refractivity contribution in [3.05, 3.63) is 35.4 Å². The summed E-state index contributed by atoms with van der Waals surface area (Å²) in [4.78, 5) is 0. The molecule has 1 nitrogen and oxygen atoms in total. The van der Waals surface area contributed by atoms with Crippen molar-refractivity contribution in [2.45, 2.75) is 38.2 Å². The Hall–Kier alpha value is -0.670. The molecule has 1 aromatic rings. The normalized spacial score (nSPS) is 26.6. The van der Waals surface area contributed by atoms with Gasteiger partial charge < -0.3 is 5.32 Å². The molecule has 2 rings (SSSR count). The molecule has 0 bridgehead atoms. The van der Waals surface area contributed by atoms with E-state index in [0.717, 1.165) is 18.6 Å². The second-order valence-corrected chi connectivity index (χ2v) is 5.72. The number of nitrogens with one attached hydrogen (secondary N) is 1. The number of hydrogen-bond donors (Lipinski definition) is 1. The van der Waals surface area contributed by atoms with Crippen molar-refractivity contribution in [1.82, 2.24) is 5.32 Å². The minimum absolute atomic E-state index is 0.00531. The van der Waals surface area contributed by atoms with Gasteiger partial charge in [0.05, 0.1) is 0 Å². The average Bonchev–Trinajstić information content (AvgIpc) is 2.28. The molecule has 1 aromatic carbocycles. The van der Waals surface area contributed by atoms with E-state index in [1.54, 1.807) is 0 Å². The van der Waals surface area contributed by atoms with Gasteiger partial charge in [0.15, 0.2) is 0 Å². The van der Waals surface area contributed by atoms with E-state index < -0.39 is 5.82 Å². The Morgan fingerprint density at radius 1 is 1.41 bits per heavy atom. The molecule has 0 radical (unpaired) electrons. The van der Waals surface area contributed by atoms with Gasteiger partial charge in [0, 0.05) is 23.5 Å². The first-order valence-corrected chi connectivity index (χ1v) is 6.16. The summed E-state index contributed by atoms with van der Waals surface area (Å²) in [7, 11) is 0. The summed E-state index contributed by atoms with van der Waals surface area (Å²) in [5, 5.41) is 3.38. The van der Waals surface area contributed by atoms with Crippen LogP contribution in [0.25, 0.3) is 0 Å². The summed E-state index contributed by atoms with van der Waals surface area (Å²) in [6.45, 7) is 4.49. The number of halogens is 3. The molecule has 0 aliphatic heterocycles. The molecule has 1 aliphatic rings. The summed E-state index contributed by atoms with van der Waals surface area (Å²) < 4.78 is 26.3. The highest BCUT2D eigenvalue weighted by atomic mass is 35.5. The van der Waals surface area contributed by atoms with Gasteiger partial charge in [-0.2, -0.15) is 0 Å². The zero-order valence-electron chi connectivity index (χ0n) is 9.93. The largest absolute Gasteiger partial charge is 0.309 e. The molecule has 1 saturated carbocycles. The van der Waals surface area contributed by atoms with Gasteiger partial charge in [-0.25, -0.2) is 8.78 Å². The second kappa shape index (κ2) is 4.54. The quantitative estimate of drug-likeness (QED) is 0.820. The van der Waals surface area contributed by atoms with Crippen LogP contribution in [0.4, 0.5) is 8.78 Å². The van der Waals surface area contributed by atoms with E-state index >= 15 is 0 Å². The molecule has 94 valence electrons. The van der Waals surface area contributed by atoms with E-state index in [-0.39, 0.29) is 22.7 Å². The van der Waals surface area contributed by atoms with E-state index in [4.69, 9.17) is 11.6 Å². The average molecular weight is 260 g/mol. The SMILES string of the molecule is CC1(C)C(Cl)CC1NCc1cc(F)ccc1F. The molecule has 0 spiro atoms. The lowest BCUT2D eigenvalue weighted by atomic mass is 9.67. The topological polar surface area (TPSA) is 12.0 Å². The number of rotatable bonds is 3. The monoisotopic (exact) mass is 259 g/mol. The third kappa shape index (κ3) is 2.45. The highest BCUT2D eigenvalue weighted by Gasteiger charge is 2.46. The zero-order valence-corrected chi connectivity index (χ0v) is 10.7. The first kappa shape index (κ1) is 12.8. The van der Waals surface area contributed by atoms with Crippen LogP contribution in [0.15, 0.2) is 18.2 Å². The van der Waals surface area contributed by atoms with Gasteiger partial charge in [0.25, 0.3) is 0 Å². The molecule has 1 N–H and O–H groups in total. The van der Waals surface area contributed by atoms with Crippen LogP contribution in [0.2, 0.25) is 0 Å². The lowest BCUT2D eigenvalue weighted by molar-refractivity contribution is 0.115. The molecule has 1 fully saturated rings. The maximum atomic E-state index is 13.4. The molecular weight excluding hydrogens is 244 g/mol. The highest BCUT2D eigenvalue weighted by Crippen LogP contribution is 2.44. The Morgan fingerprint density at radius 2 is 2.12 bits per heavy atom. The fraction of sp³-hybridized carbons (Fsp3) is 0.538. The van der Waals surface area contributed by atoms with Gasteiger partial charge in [0.1, 0.15) is 11.6 Å². The lowest BCUT2D eigenvalue weighted by Gasteiger charge is -2.49. The van der Waals surface area contributed by atoms with E-state index in [1.165, 1.54) is 6.07 Å². The smallest absolute Gasteiger partial charge is 0.127 e. The van der Waals surface area contributed by atoms with Crippen LogP contribution in [0.5, 0.6) is 0 Å². The molecule has 0 saturated heterocycles. The van der Waals surface area contributed by atoms with Crippen molar-refractivity contribution in [3.8, 4) is 0 Å². The van der Waals surface area contributed by atoms with Gasteiger partial charge in [-0.05, 0) is 30.0 Å². The van der Waals surface area contributed by atoms with Crippen LogP contribution in [0.3, 0.4) is 0 Å². The van der Waals surface area contributed by atoms with E-state index in [9.17, 15) is 8.78 Å². The van der Waals surface area contributed by atoms with Gasteiger partial charge >= 0.3 is 0 Å². The fourth-order valence-corrected chi connectivity index (χ4v) is 2.46. The third-order valence-corrected chi connectivity index (χ3v) is 4.44. The fourth-order valence-electron chi connectivity index (χ4n) is 2.13. The molecular formula is C13H16ClF2N. The second-order valence-electron chi connectivity index (χ2n) is 5.19. The van der Waals surface area contributed by atoms with Crippen molar-refractivity contribution < 1.29 is 8.78 Å². The Morgan fingerprint density at radius 3 is 2.71 bits per heavy atom. The number of hydrogen-bond acceptors (Lipinski definition) is 1. The lowest BCUT2D eigenvalue weighted by Crippen LogP contribution is -2.57. The minimum atomic E-state index is -0.411. The van der Waals surface area contributed by atoms with Gasteiger partial charge in [-0.1, -0.05) is 13.8 Å². The molecule has 2 unspecified atom stereocenters. The molecule has 0 amide bonds. The first-order valence-electron chi connectivity index (χ1n) is 5.72. The number of alkyl halides is 1. The van der Waals surface area contributed by atoms with E-state index in [1.807, 2.05) is 0 Å². The van der Waals surface area contributed by atoms with Crippen LogP contribution in [0.1, 0.15) is 25.8 Å². The third-order valence-electron chi connectivity index (χ3n) is 3.69. The Kier molecular flexibility index (Phi) is 3.41. The number of benzene rings is 1. The molecule has 17 heavy (non-hydrogen) atoms. The van der Waals surface area contributed by atoms with Crippen LogP contribution < -0.4 is 5.32 Å². The van der Waals surface area contributed by atoms with Crippen LogP contribution >= 0.6 is 11.6 Å². The summed E-state index contributed by atoms with van der Waals surface area (Å²) in [5.74, 6) is -0.787. The van der Waals surface area contributed by atoms with Crippen LogP contribution in [0, 0.1) is 17.0 Å². The summed E-state index contributed by atoms with van der Waals surface area (Å²) in [6.07, 6.45) is 0.867. The molecule has 1 aliphatic carbocycles. The summed E-state index contributed by atoms with van der Waals surface area (Å²) in [6, 6.07) is 3.77. The molecule has 4 heteroatoms. The van der Waals surface area contributed by atoms with Crippen molar-refractivity contribution in [3.63, 3.8) is 0 Å². The van der Waals surface area contributed by atoms with E-state index in [2.05, 4.69) is 19.2 Å². The Labute approximate surface area is 105 Å². The molecule has 0 aromatic heterocycles. The maximum Gasteiger partial charge on any atom is 0.127 e. The van der Waals surface area contributed by atoms with Crippen molar-refractivity contribution >= 4 is 11.6 Å². The zero-order chi connectivity index (χ0) is 12.6. The van der Waals surface area contributed by atoms with Gasteiger partial charge in [-0.3, -0.25) is 0 Å². The molecule has 0 heterocycles. The maximum absolute atomic E-state index is 13.4. The minimum Gasteiger partial charge on any atom is -0.309 e. The van der Waals surface area contributed by atoms with Crippen molar-refractivity contribution in [2.24, 2.45) is 5.41 Å². The predicted molar refractivity (Wildman–Crippen MR) is 65.0 cm³/mol. The van der Waals surface area contributed by atoms with Gasteiger partial charge in [0.2, 0.25) is 0 Å². The van der Waals surface area contributed by atoms with Crippen molar-refractivity contribution in [2.75, 3.05) is 0 Å². The van der Waals surface area contributed by atoms with E-state index in [0.29, 0.717) is 12.1 Å². The van der Waals surface area contributed by atoms with Crippen LogP contribution in [-0.4, -0.2) is 11.4 Å². The van der Waals surface area contributed by atoms with Crippen LogP contribution in [-0.2, 0) is 6.54 Å². The summed E-state index contributed by atoms with van der Waals surface area (Å²) in [5.41, 5.74) is 0.365. The Bertz CT molecular complexity index is 420. The standard InChI is InChI=1S/C13H16ClF2N/c1-13(2)11(14)6-12(13)17-7-8-5-9(15)3-4-10(8)16/h3-5,11-12,17H,6-7H2,1-2H3.